The molecule has 1 heteroatoms. The molecule has 1 atom stereocenters. The van der Waals surface area contributed by atoms with Crippen LogP contribution in [0.15, 0.2) is 12.2 Å². The van der Waals surface area contributed by atoms with Crippen molar-refractivity contribution in [1.82, 2.24) is 0 Å². The first-order chi connectivity index (χ1) is 5.02. The number of aliphatic hydroxyl groups is 1. The topological polar surface area (TPSA) is 20.2 Å². The summed E-state index contributed by atoms with van der Waals surface area (Å²) in [4.78, 5) is 0. The quantitative estimate of drug-likeness (QED) is 0.619. The van der Waals surface area contributed by atoms with E-state index in [1.165, 1.54) is 19.3 Å². The lowest BCUT2D eigenvalue weighted by Gasteiger charge is -2.33. The van der Waals surface area contributed by atoms with E-state index in [9.17, 15) is 5.11 Å². The second-order valence-electron chi connectivity index (χ2n) is 4.06. The van der Waals surface area contributed by atoms with Crippen LogP contribution in [0, 0.1) is 5.92 Å². The SMILES string of the molecule is C=C(C)C(C)(O)CC1CCC1. The van der Waals surface area contributed by atoms with E-state index in [0.717, 1.165) is 17.9 Å². The molecule has 0 saturated heterocycles. The molecule has 0 aromatic carbocycles. The molecule has 11 heavy (non-hydrogen) atoms. The largest absolute Gasteiger partial charge is 0.386 e. The van der Waals surface area contributed by atoms with Gasteiger partial charge in [-0.05, 0) is 31.8 Å². The molecule has 1 unspecified atom stereocenters. The van der Waals surface area contributed by atoms with Crippen LogP contribution in [-0.2, 0) is 0 Å². The van der Waals surface area contributed by atoms with Crippen molar-refractivity contribution in [1.29, 1.82) is 0 Å². The van der Waals surface area contributed by atoms with E-state index in [1.807, 2.05) is 13.8 Å². The van der Waals surface area contributed by atoms with Gasteiger partial charge in [0.1, 0.15) is 0 Å². The molecular weight excluding hydrogens is 136 g/mol. The van der Waals surface area contributed by atoms with Crippen molar-refractivity contribution in [2.24, 2.45) is 5.92 Å². The average molecular weight is 154 g/mol. The minimum absolute atomic E-state index is 0.620. The fourth-order valence-electron chi connectivity index (χ4n) is 1.43. The molecule has 0 heterocycles. The molecule has 1 nitrogen and oxygen atoms in total. The summed E-state index contributed by atoms with van der Waals surface area (Å²) in [6.45, 7) is 7.56. The minimum Gasteiger partial charge on any atom is -0.386 e. The predicted octanol–water partition coefficient (Wildman–Crippen LogP) is 2.50. The Balaban J connectivity index is 2.38. The molecule has 1 saturated carbocycles. The summed E-state index contributed by atoms with van der Waals surface area (Å²) >= 11 is 0. The first-order valence-corrected chi connectivity index (χ1v) is 4.41. The van der Waals surface area contributed by atoms with Crippen molar-refractivity contribution in [3.63, 3.8) is 0 Å². The minimum atomic E-state index is -0.620. The molecule has 0 amide bonds. The first-order valence-electron chi connectivity index (χ1n) is 4.41. The van der Waals surface area contributed by atoms with Crippen LogP contribution < -0.4 is 0 Å². The normalized spacial score (nSPS) is 23.9. The molecule has 0 spiro atoms. The molecule has 64 valence electrons. The van der Waals surface area contributed by atoms with Crippen LogP contribution in [0.1, 0.15) is 39.5 Å². The van der Waals surface area contributed by atoms with Gasteiger partial charge >= 0.3 is 0 Å². The molecule has 0 aliphatic heterocycles. The summed E-state index contributed by atoms with van der Waals surface area (Å²) in [6.07, 6.45) is 4.84. The van der Waals surface area contributed by atoms with Crippen LogP contribution in [0.2, 0.25) is 0 Å². The first kappa shape index (κ1) is 8.79. The zero-order chi connectivity index (χ0) is 8.48. The lowest BCUT2D eigenvalue weighted by atomic mass is 9.76. The van der Waals surface area contributed by atoms with E-state index < -0.39 is 5.60 Å². The Hall–Kier alpha value is -0.300. The lowest BCUT2D eigenvalue weighted by molar-refractivity contribution is 0.0536. The third kappa shape index (κ3) is 2.06. The third-order valence-electron chi connectivity index (χ3n) is 2.83. The van der Waals surface area contributed by atoms with Gasteiger partial charge in [0.2, 0.25) is 0 Å². The van der Waals surface area contributed by atoms with Gasteiger partial charge in [-0.3, -0.25) is 0 Å². The van der Waals surface area contributed by atoms with Crippen molar-refractivity contribution in [3.8, 4) is 0 Å². The zero-order valence-corrected chi connectivity index (χ0v) is 7.56. The standard InChI is InChI=1S/C10H18O/c1-8(2)10(3,11)7-9-5-4-6-9/h9,11H,1,4-7H2,2-3H3. The summed E-state index contributed by atoms with van der Waals surface area (Å²) in [6, 6.07) is 0. The summed E-state index contributed by atoms with van der Waals surface area (Å²) in [7, 11) is 0. The summed E-state index contributed by atoms with van der Waals surface area (Å²) < 4.78 is 0. The molecule has 0 aromatic rings. The van der Waals surface area contributed by atoms with Gasteiger partial charge in [0, 0.05) is 0 Å². The van der Waals surface area contributed by atoms with E-state index in [2.05, 4.69) is 6.58 Å². The van der Waals surface area contributed by atoms with Gasteiger partial charge in [0.25, 0.3) is 0 Å². The fourth-order valence-corrected chi connectivity index (χ4v) is 1.43. The Kier molecular flexibility index (Phi) is 2.38. The maximum Gasteiger partial charge on any atom is 0.0826 e. The molecule has 1 fully saturated rings. The Morgan fingerprint density at radius 1 is 1.64 bits per heavy atom. The molecule has 1 aliphatic carbocycles. The highest BCUT2D eigenvalue weighted by Gasteiger charge is 2.29. The van der Waals surface area contributed by atoms with Crippen LogP contribution in [0.25, 0.3) is 0 Å². The molecule has 1 aliphatic rings. The number of hydrogen-bond acceptors (Lipinski definition) is 1. The number of hydrogen-bond donors (Lipinski definition) is 1. The van der Waals surface area contributed by atoms with Crippen molar-refractivity contribution in [2.45, 2.75) is 45.1 Å². The van der Waals surface area contributed by atoms with Crippen LogP contribution in [0.5, 0.6) is 0 Å². The molecule has 1 N–H and O–H groups in total. The average Bonchev–Trinajstić information content (AvgIpc) is 1.79. The van der Waals surface area contributed by atoms with Crippen LogP contribution in [0.3, 0.4) is 0 Å². The zero-order valence-electron chi connectivity index (χ0n) is 7.56. The van der Waals surface area contributed by atoms with Gasteiger partial charge in [0.05, 0.1) is 5.60 Å². The van der Waals surface area contributed by atoms with E-state index in [0.29, 0.717) is 0 Å². The van der Waals surface area contributed by atoms with Gasteiger partial charge in [-0.1, -0.05) is 25.8 Å². The Labute approximate surface area is 69.1 Å². The van der Waals surface area contributed by atoms with E-state index >= 15 is 0 Å². The van der Waals surface area contributed by atoms with E-state index in [1.54, 1.807) is 0 Å². The monoisotopic (exact) mass is 154 g/mol. The van der Waals surface area contributed by atoms with Crippen molar-refractivity contribution in [2.75, 3.05) is 0 Å². The molecule has 0 aromatic heterocycles. The number of rotatable bonds is 3. The van der Waals surface area contributed by atoms with Gasteiger partial charge in [-0.2, -0.15) is 0 Å². The lowest BCUT2D eigenvalue weighted by Crippen LogP contribution is -2.30. The van der Waals surface area contributed by atoms with E-state index in [-0.39, 0.29) is 0 Å². The van der Waals surface area contributed by atoms with Gasteiger partial charge < -0.3 is 5.11 Å². The van der Waals surface area contributed by atoms with Crippen LogP contribution >= 0.6 is 0 Å². The van der Waals surface area contributed by atoms with Crippen molar-refractivity contribution in [3.05, 3.63) is 12.2 Å². The second kappa shape index (κ2) is 2.98. The molecule has 1 rings (SSSR count). The summed E-state index contributed by atoms with van der Waals surface area (Å²) in [5.74, 6) is 0.752. The highest BCUT2D eigenvalue weighted by molar-refractivity contribution is 5.07. The Bertz CT molecular complexity index is 154. The maximum atomic E-state index is 9.83. The summed E-state index contributed by atoms with van der Waals surface area (Å²) in [5, 5.41) is 9.83. The third-order valence-corrected chi connectivity index (χ3v) is 2.83. The molecule has 0 bridgehead atoms. The van der Waals surface area contributed by atoms with Gasteiger partial charge in [-0.25, -0.2) is 0 Å². The summed E-state index contributed by atoms with van der Waals surface area (Å²) in [5.41, 5.74) is 0.273. The molecular formula is C10H18O. The van der Waals surface area contributed by atoms with Crippen LogP contribution in [0.4, 0.5) is 0 Å². The second-order valence-corrected chi connectivity index (χ2v) is 4.06. The fraction of sp³-hybridized carbons (Fsp3) is 0.800. The van der Waals surface area contributed by atoms with Crippen molar-refractivity contribution >= 4 is 0 Å². The van der Waals surface area contributed by atoms with E-state index in [4.69, 9.17) is 0 Å². The highest BCUT2D eigenvalue weighted by atomic mass is 16.3. The van der Waals surface area contributed by atoms with Crippen molar-refractivity contribution < 1.29 is 5.11 Å². The smallest absolute Gasteiger partial charge is 0.0826 e. The highest BCUT2D eigenvalue weighted by Crippen LogP contribution is 2.35. The Morgan fingerprint density at radius 3 is 2.45 bits per heavy atom. The van der Waals surface area contributed by atoms with Gasteiger partial charge in [-0.15, -0.1) is 0 Å². The Morgan fingerprint density at radius 2 is 2.18 bits per heavy atom. The maximum absolute atomic E-state index is 9.83. The van der Waals surface area contributed by atoms with Gasteiger partial charge in [0.15, 0.2) is 0 Å². The molecule has 0 radical (unpaired) electrons. The van der Waals surface area contributed by atoms with Crippen LogP contribution in [-0.4, -0.2) is 10.7 Å². The predicted molar refractivity (Wildman–Crippen MR) is 47.4 cm³/mol.